The van der Waals surface area contributed by atoms with E-state index < -0.39 is 21.3 Å². The lowest BCUT2D eigenvalue weighted by molar-refractivity contribution is -0.131. The number of benzene rings is 1. The molecule has 1 amide bonds. The monoisotopic (exact) mass is 384 g/mol. The molecule has 26 heavy (non-hydrogen) atoms. The van der Waals surface area contributed by atoms with Crippen LogP contribution in [-0.4, -0.2) is 52.0 Å². The number of nitrogens with two attached hydrogens (primary N) is 1. The van der Waals surface area contributed by atoms with Crippen molar-refractivity contribution in [2.24, 2.45) is 11.1 Å². The quantitative estimate of drug-likeness (QED) is 0.699. The molecule has 0 bridgehead atoms. The fourth-order valence-corrected chi connectivity index (χ4v) is 4.76. The molecule has 0 saturated carbocycles. The van der Waals surface area contributed by atoms with Crippen molar-refractivity contribution in [3.05, 3.63) is 24.3 Å². The molecule has 1 aromatic rings. The second kappa shape index (κ2) is 8.83. The van der Waals surface area contributed by atoms with Crippen molar-refractivity contribution in [3.8, 4) is 5.75 Å². The van der Waals surface area contributed by atoms with Gasteiger partial charge in [0.15, 0.2) is 0 Å². The van der Waals surface area contributed by atoms with Gasteiger partial charge in [0.25, 0.3) is 0 Å². The number of rotatable bonds is 9. The van der Waals surface area contributed by atoms with Crippen molar-refractivity contribution < 1.29 is 22.7 Å². The predicted octanol–water partition coefficient (Wildman–Crippen LogP) is 1.77. The summed E-state index contributed by atoms with van der Waals surface area (Å²) < 4.78 is 37.9. The minimum Gasteiger partial charge on any atom is -0.494 e. The van der Waals surface area contributed by atoms with Crippen molar-refractivity contribution in [1.29, 1.82) is 0 Å². The van der Waals surface area contributed by atoms with Crippen LogP contribution in [0.2, 0.25) is 0 Å². The second-order valence-corrected chi connectivity index (χ2v) is 8.59. The fraction of sp³-hybridized carbons (Fsp3) is 0.611. The van der Waals surface area contributed by atoms with Gasteiger partial charge >= 0.3 is 0 Å². The van der Waals surface area contributed by atoms with Gasteiger partial charge in [-0.2, -0.15) is 4.31 Å². The zero-order valence-electron chi connectivity index (χ0n) is 15.4. The van der Waals surface area contributed by atoms with Gasteiger partial charge in [-0.1, -0.05) is 6.92 Å². The molecule has 1 aliphatic heterocycles. The second-order valence-electron chi connectivity index (χ2n) is 6.65. The van der Waals surface area contributed by atoms with E-state index in [-0.39, 0.29) is 11.4 Å². The van der Waals surface area contributed by atoms with E-state index in [0.29, 0.717) is 44.8 Å². The Morgan fingerprint density at radius 2 is 1.96 bits per heavy atom. The third-order valence-electron chi connectivity index (χ3n) is 4.78. The van der Waals surface area contributed by atoms with Crippen LogP contribution < -0.4 is 10.5 Å². The summed E-state index contributed by atoms with van der Waals surface area (Å²) in [6, 6.07) is 6.38. The number of methoxy groups -OCH3 is 1. The van der Waals surface area contributed by atoms with Gasteiger partial charge in [0, 0.05) is 26.8 Å². The Kier molecular flexibility index (Phi) is 7.02. The van der Waals surface area contributed by atoms with Gasteiger partial charge in [0.05, 0.1) is 16.9 Å². The topological polar surface area (TPSA) is 98.9 Å². The Morgan fingerprint density at radius 3 is 2.54 bits per heavy atom. The summed E-state index contributed by atoms with van der Waals surface area (Å²) in [5.41, 5.74) is 4.74. The summed E-state index contributed by atoms with van der Waals surface area (Å²) in [5, 5.41) is 0. The first-order chi connectivity index (χ1) is 12.4. The highest BCUT2D eigenvalue weighted by atomic mass is 32.2. The predicted molar refractivity (Wildman–Crippen MR) is 98.3 cm³/mol. The summed E-state index contributed by atoms with van der Waals surface area (Å²) in [4.78, 5) is 12.3. The Bertz CT molecular complexity index is 705. The van der Waals surface area contributed by atoms with Crippen LogP contribution in [-0.2, 0) is 19.6 Å². The van der Waals surface area contributed by atoms with Gasteiger partial charge in [0.1, 0.15) is 5.75 Å². The maximum absolute atomic E-state index is 13.0. The molecule has 7 nitrogen and oxygen atoms in total. The molecular weight excluding hydrogens is 356 g/mol. The normalized spacial score (nSPS) is 21.5. The molecule has 0 radical (unpaired) electrons. The van der Waals surface area contributed by atoms with Gasteiger partial charge in [-0.25, -0.2) is 8.42 Å². The first-order valence-corrected chi connectivity index (χ1v) is 10.3. The lowest BCUT2D eigenvalue weighted by atomic mass is 9.77. The molecule has 1 heterocycles. The molecule has 146 valence electrons. The Labute approximate surface area is 155 Å². The van der Waals surface area contributed by atoms with Crippen molar-refractivity contribution in [3.63, 3.8) is 0 Å². The van der Waals surface area contributed by atoms with Crippen LogP contribution >= 0.6 is 0 Å². The standard InChI is InChI=1S/C18H28N2O5S/c1-3-12-25-15-5-7-16(8-6-15)26(22,23)20-11-4-9-18(14-20,17(19)21)10-13-24-2/h5-8H,3-4,9-14H2,1-2H3,(H2,19,21). The highest BCUT2D eigenvalue weighted by molar-refractivity contribution is 7.89. The maximum Gasteiger partial charge on any atom is 0.243 e. The molecule has 1 fully saturated rings. The first kappa shape index (κ1) is 20.7. The Balaban J connectivity index is 2.20. The lowest BCUT2D eigenvalue weighted by Gasteiger charge is -2.40. The van der Waals surface area contributed by atoms with E-state index in [2.05, 4.69) is 0 Å². The van der Waals surface area contributed by atoms with Crippen molar-refractivity contribution in [2.45, 2.75) is 37.5 Å². The van der Waals surface area contributed by atoms with Crippen LogP contribution in [0, 0.1) is 5.41 Å². The first-order valence-electron chi connectivity index (χ1n) is 8.87. The number of carbonyl (C=O) groups excluding carboxylic acids is 1. The van der Waals surface area contributed by atoms with Crippen molar-refractivity contribution >= 4 is 15.9 Å². The van der Waals surface area contributed by atoms with E-state index in [1.165, 1.54) is 16.4 Å². The van der Waals surface area contributed by atoms with Crippen LogP contribution in [0.1, 0.15) is 32.6 Å². The Hall–Kier alpha value is -1.64. The van der Waals surface area contributed by atoms with Gasteiger partial charge in [-0.05, 0) is 49.9 Å². The summed E-state index contributed by atoms with van der Waals surface area (Å²) in [6.07, 6.45) is 2.45. The number of amides is 1. The maximum atomic E-state index is 13.0. The van der Waals surface area contributed by atoms with Crippen LogP contribution in [0.3, 0.4) is 0 Å². The number of carbonyl (C=O) groups is 1. The molecule has 2 N–H and O–H groups in total. The van der Waals surface area contributed by atoms with Crippen molar-refractivity contribution in [2.75, 3.05) is 33.4 Å². The molecule has 1 atom stereocenters. The van der Waals surface area contributed by atoms with Crippen LogP contribution in [0.5, 0.6) is 5.75 Å². The average molecular weight is 384 g/mol. The van der Waals surface area contributed by atoms with E-state index in [9.17, 15) is 13.2 Å². The van der Waals surface area contributed by atoms with Crippen LogP contribution in [0.15, 0.2) is 29.2 Å². The Morgan fingerprint density at radius 1 is 1.27 bits per heavy atom. The molecule has 1 aliphatic rings. The van der Waals surface area contributed by atoms with E-state index in [4.69, 9.17) is 15.2 Å². The molecular formula is C18H28N2O5S. The number of primary amides is 1. The van der Waals surface area contributed by atoms with E-state index in [1.807, 2.05) is 6.92 Å². The molecule has 0 aliphatic carbocycles. The smallest absolute Gasteiger partial charge is 0.243 e. The third-order valence-corrected chi connectivity index (χ3v) is 6.64. The van der Waals surface area contributed by atoms with E-state index >= 15 is 0 Å². The summed E-state index contributed by atoms with van der Waals surface area (Å²) in [7, 11) is -2.15. The van der Waals surface area contributed by atoms with Crippen LogP contribution in [0.25, 0.3) is 0 Å². The minimum absolute atomic E-state index is 0.0854. The molecule has 8 heteroatoms. The van der Waals surface area contributed by atoms with Crippen LogP contribution in [0.4, 0.5) is 0 Å². The van der Waals surface area contributed by atoms with Gasteiger partial charge < -0.3 is 15.2 Å². The lowest BCUT2D eigenvalue weighted by Crippen LogP contribution is -2.52. The molecule has 0 spiro atoms. The highest BCUT2D eigenvalue weighted by Gasteiger charge is 2.44. The summed E-state index contributed by atoms with van der Waals surface area (Å²) >= 11 is 0. The third kappa shape index (κ3) is 4.55. The molecule has 0 aromatic heterocycles. The van der Waals surface area contributed by atoms with E-state index in [0.717, 1.165) is 6.42 Å². The molecule has 1 saturated heterocycles. The number of hydrogen-bond donors (Lipinski definition) is 1. The number of ether oxygens (including phenoxy) is 2. The van der Waals surface area contributed by atoms with Gasteiger partial charge in [-0.3, -0.25) is 4.79 Å². The highest BCUT2D eigenvalue weighted by Crippen LogP contribution is 2.36. The van der Waals surface area contributed by atoms with Crippen molar-refractivity contribution in [1.82, 2.24) is 4.31 Å². The number of sulfonamides is 1. The molecule has 2 rings (SSSR count). The van der Waals surface area contributed by atoms with Gasteiger partial charge in [-0.15, -0.1) is 0 Å². The minimum atomic E-state index is -3.70. The number of hydrogen-bond acceptors (Lipinski definition) is 5. The van der Waals surface area contributed by atoms with Gasteiger partial charge in [0.2, 0.25) is 15.9 Å². The molecule has 1 unspecified atom stereocenters. The largest absolute Gasteiger partial charge is 0.494 e. The molecule has 1 aromatic carbocycles. The zero-order valence-corrected chi connectivity index (χ0v) is 16.3. The number of piperidine rings is 1. The SMILES string of the molecule is CCCOc1ccc(S(=O)(=O)N2CCCC(CCOC)(C(N)=O)C2)cc1. The van der Waals surface area contributed by atoms with E-state index in [1.54, 1.807) is 19.2 Å². The zero-order chi connectivity index (χ0) is 19.2. The number of nitrogens with zero attached hydrogens (tertiary/aromatic N) is 1. The summed E-state index contributed by atoms with van der Waals surface area (Å²) in [5.74, 6) is 0.161. The average Bonchev–Trinajstić information content (AvgIpc) is 2.65. The summed E-state index contributed by atoms with van der Waals surface area (Å²) in [6.45, 7) is 3.41. The fourth-order valence-electron chi connectivity index (χ4n) is 3.20.